The average molecular weight is 224 g/mol. The third-order valence-corrected chi connectivity index (χ3v) is 2.88. The summed E-state index contributed by atoms with van der Waals surface area (Å²) >= 11 is 0. The van der Waals surface area contributed by atoms with Crippen molar-refractivity contribution in [2.24, 2.45) is 5.92 Å². The third-order valence-electron chi connectivity index (χ3n) is 2.88. The summed E-state index contributed by atoms with van der Waals surface area (Å²) in [5.41, 5.74) is 0. The maximum absolute atomic E-state index is 11.6. The summed E-state index contributed by atoms with van der Waals surface area (Å²) in [5, 5.41) is 0. The Morgan fingerprint density at radius 2 is 2.25 bits per heavy atom. The van der Waals surface area contributed by atoms with Gasteiger partial charge in [-0.05, 0) is 25.3 Å². The van der Waals surface area contributed by atoms with Crippen LogP contribution >= 0.6 is 0 Å². The average Bonchev–Trinajstić information content (AvgIpc) is 2.77. The Kier molecular flexibility index (Phi) is 5.23. The fraction of sp³-hybridized carbons (Fsp3) is 0.692. The van der Waals surface area contributed by atoms with Crippen LogP contribution in [0.15, 0.2) is 11.8 Å². The zero-order chi connectivity index (χ0) is 12.0. The normalized spacial score (nSPS) is 16.8. The van der Waals surface area contributed by atoms with Gasteiger partial charge in [0.1, 0.15) is 11.5 Å². The van der Waals surface area contributed by atoms with Crippen molar-refractivity contribution in [2.75, 3.05) is 0 Å². The van der Waals surface area contributed by atoms with E-state index in [0.29, 0.717) is 19.3 Å². The van der Waals surface area contributed by atoms with Crippen molar-refractivity contribution < 1.29 is 14.3 Å². The first-order valence-electron chi connectivity index (χ1n) is 6.06. The van der Waals surface area contributed by atoms with Gasteiger partial charge in [0.25, 0.3) is 0 Å². The monoisotopic (exact) mass is 224 g/mol. The van der Waals surface area contributed by atoms with Crippen molar-refractivity contribution in [3.8, 4) is 0 Å². The molecular formula is C13H20O3. The van der Waals surface area contributed by atoms with E-state index < -0.39 is 0 Å². The van der Waals surface area contributed by atoms with Gasteiger partial charge >= 0.3 is 5.97 Å². The van der Waals surface area contributed by atoms with Crippen LogP contribution in [0.3, 0.4) is 0 Å². The highest BCUT2D eigenvalue weighted by Crippen LogP contribution is 2.20. The molecule has 0 heterocycles. The van der Waals surface area contributed by atoms with Crippen LogP contribution in [0.25, 0.3) is 0 Å². The Bertz CT molecular complexity index is 292. The Morgan fingerprint density at radius 3 is 2.81 bits per heavy atom. The van der Waals surface area contributed by atoms with E-state index in [0.717, 1.165) is 25.0 Å². The van der Waals surface area contributed by atoms with Gasteiger partial charge in [-0.25, -0.2) is 0 Å². The lowest BCUT2D eigenvalue weighted by molar-refractivity contribution is -0.144. The molecule has 90 valence electrons. The molecule has 3 nitrogen and oxygen atoms in total. The highest BCUT2D eigenvalue weighted by Gasteiger charge is 2.18. The maximum Gasteiger partial charge on any atom is 0.313 e. The predicted molar refractivity (Wildman–Crippen MR) is 61.7 cm³/mol. The number of esters is 1. The quantitative estimate of drug-likeness (QED) is 0.651. The highest BCUT2D eigenvalue weighted by atomic mass is 16.5. The van der Waals surface area contributed by atoms with Gasteiger partial charge in [-0.15, -0.1) is 0 Å². The topological polar surface area (TPSA) is 43.4 Å². The second-order valence-corrected chi connectivity index (χ2v) is 4.32. The first-order valence-corrected chi connectivity index (χ1v) is 6.06. The SMILES string of the molecule is CCC(=O)CCC(C)C(=O)OC1=CCCC1. The molecule has 0 saturated heterocycles. The molecule has 0 N–H and O–H groups in total. The van der Waals surface area contributed by atoms with Gasteiger partial charge in [-0.2, -0.15) is 0 Å². The summed E-state index contributed by atoms with van der Waals surface area (Å²) in [7, 11) is 0. The molecule has 0 fully saturated rings. The molecule has 3 heteroatoms. The lowest BCUT2D eigenvalue weighted by Crippen LogP contribution is -2.15. The van der Waals surface area contributed by atoms with Crippen LogP contribution in [0.1, 0.15) is 52.4 Å². The molecule has 0 amide bonds. The first-order chi connectivity index (χ1) is 7.63. The van der Waals surface area contributed by atoms with E-state index in [2.05, 4.69) is 0 Å². The molecule has 16 heavy (non-hydrogen) atoms. The molecule has 1 aliphatic carbocycles. The van der Waals surface area contributed by atoms with Crippen LogP contribution in [0.2, 0.25) is 0 Å². The highest BCUT2D eigenvalue weighted by molar-refractivity contribution is 5.79. The Morgan fingerprint density at radius 1 is 1.50 bits per heavy atom. The van der Waals surface area contributed by atoms with Crippen LogP contribution in [0.4, 0.5) is 0 Å². The number of ether oxygens (including phenoxy) is 1. The number of Topliss-reactive ketones (excluding diaryl/α,β-unsaturated/α-hetero) is 1. The van der Waals surface area contributed by atoms with Gasteiger partial charge in [0, 0.05) is 19.3 Å². The largest absolute Gasteiger partial charge is 0.431 e. The van der Waals surface area contributed by atoms with E-state index >= 15 is 0 Å². The summed E-state index contributed by atoms with van der Waals surface area (Å²) in [5.74, 6) is 0.632. The molecular weight excluding hydrogens is 204 g/mol. The molecule has 1 unspecified atom stereocenters. The van der Waals surface area contributed by atoms with E-state index in [1.807, 2.05) is 19.9 Å². The third kappa shape index (κ3) is 4.17. The van der Waals surface area contributed by atoms with Gasteiger partial charge in [0.15, 0.2) is 0 Å². The number of hydrogen-bond acceptors (Lipinski definition) is 3. The van der Waals surface area contributed by atoms with Gasteiger partial charge in [-0.3, -0.25) is 9.59 Å². The molecule has 1 aliphatic rings. The number of hydrogen-bond donors (Lipinski definition) is 0. The molecule has 1 atom stereocenters. The number of allylic oxidation sites excluding steroid dienone is 2. The minimum absolute atomic E-state index is 0.183. The van der Waals surface area contributed by atoms with Crippen molar-refractivity contribution in [1.29, 1.82) is 0 Å². The van der Waals surface area contributed by atoms with E-state index in [4.69, 9.17) is 4.74 Å². The fourth-order valence-electron chi connectivity index (χ4n) is 1.64. The molecule has 0 aromatic carbocycles. The zero-order valence-electron chi connectivity index (χ0n) is 10.1. The van der Waals surface area contributed by atoms with E-state index in [9.17, 15) is 9.59 Å². The van der Waals surface area contributed by atoms with E-state index in [1.165, 1.54) is 0 Å². The second kappa shape index (κ2) is 6.46. The molecule has 0 bridgehead atoms. The van der Waals surface area contributed by atoms with Crippen LogP contribution < -0.4 is 0 Å². The lowest BCUT2D eigenvalue weighted by Gasteiger charge is -2.10. The van der Waals surface area contributed by atoms with Gasteiger partial charge in [-0.1, -0.05) is 13.8 Å². The molecule has 0 saturated carbocycles. The molecule has 0 aromatic heterocycles. The van der Waals surface area contributed by atoms with E-state index in [-0.39, 0.29) is 17.7 Å². The van der Waals surface area contributed by atoms with Gasteiger partial charge in [0.2, 0.25) is 0 Å². The standard InChI is InChI=1S/C13H20O3/c1-3-11(14)9-8-10(2)13(15)16-12-6-4-5-7-12/h6,10H,3-5,7-9H2,1-2H3. The van der Waals surface area contributed by atoms with Gasteiger partial charge in [0.05, 0.1) is 5.92 Å². The fourth-order valence-corrected chi connectivity index (χ4v) is 1.64. The van der Waals surface area contributed by atoms with Gasteiger partial charge < -0.3 is 4.74 Å². The summed E-state index contributed by atoms with van der Waals surface area (Å²) in [4.78, 5) is 22.7. The Balaban J connectivity index is 2.27. The van der Waals surface area contributed by atoms with Crippen molar-refractivity contribution in [3.05, 3.63) is 11.8 Å². The van der Waals surface area contributed by atoms with Crippen molar-refractivity contribution in [1.82, 2.24) is 0 Å². The minimum atomic E-state index is -0.197. The molecule has 0 aliphatic heterocycles. The number of carbonyl (C=O) groups excluding carboxylic acids is 2. The van der Waals surface area contributed by atoms with Crippen molar-refractivity contribution in [2.45, 2.75) is 52.4 Å². The smallest absolute Gasteiger partial charge is 0.313 e. The summed E-state index contributed by atoms with van der Waals surface area (Å²) in [6, 6.07) is 0. The molecule has 1 rings (SSSR count). The number of carbonyl (C=O) groups is 2. The van der Waals surface area contributed by atoms with Crippen molar-refractivity contribution >= 4 is 11.8 Å². The Labute approximate surface area is 96.9 Å². The predicted octanol–water partition coefficient (Wildman–Crippen LogP) is 2.99. The first kappa shape index (κ1) is 12.9. The van der Waals surface area contributed by atoms with Crippen LogP contribution in [-0.2, 0) is 14.3 Å². The Hall–Kier alpha value is -1.12. The minimum Gasteiger partial charge on any atom is -0.431 e. The van der Waals surface area contributed by atoms with Crippen LogP contribution in [0, 0.1) is 5.92 Å². The lowest BCUT2D eigenvalue weighted by atomic mass is 10.0. The number of rotatable bonds is 6. The summed E-state index contributed by atoms with van der Waals surface area (Å²) < 4.78 is 5.25. The van der Waals surface area contributed by atoms with Crippen LogP contribution in [-0.4, -0.2) is 11.8 Å². The zero-order valence-corrected chi connectivity index (χ0v) is 10.1. The number of ketones is 1. The molecule has 0 spiro atoms. The summed E-state index contributed by atoms with van der Waals surface area (Å²) in [6.45, 7) is 3.66. The second-order valence-electron chi connectivity index (χ2n) is 4.32. The molecule has 0 radical (unpaired) electrons. The van der Waals surface area contributed by atoms with Crippen molar-refractivity contribution in [3.63, 3.8) is 0 Å². The summed E-state index contributed by atoms with van der Waals surface area (Å²) in [6.07, 6.45) is 6.54. The molecule has 0 aromatic rings. The van der Waals surface area contributed by atoms with Crippen LogP contribution in [0.5, 0.6) is 0 Å². The van der Waals surface area contributed by atoms with E-state index in [1.54, 1.807) is 0 Å². The maximum atomic E-state index is 11.6.